The number of hydrogen-bond acceptors (Lipinski definition) is 9. The number of rotatable bonds is 8. The smallest absolute Gasteiger partial charge is 0.206 e. The number of ether oxygens (including phenoxy) is 1. The maximum Gasteiger partial charge on any atom is 0.206 e. The molecule has 29 heavy (non-hydrogen) atoms. The summed E-state index contributed by atoms with van der Waals surface area (Å²) in [7, 11) is 0. The lowest BCUT2D eigenvalue weighted by Gasteiger charge is -2.08. The second-order valence-electron chi connectivity index (χ2n) is 7.02. The van der Waals surface area contributed by atoms with Crippen molar-refractivity contribution in [1.29, 1.82) is 0 Å². The van der Waals surface area contributed by atoms with Crippen molar-refractivity contribution in [2.24, 2.45) is 0 Å². The highest BCUT2D eigenvalue weighted by molar-refractivity contribution is 8.01. The molecule has 1 fully saturated rings. The van der Waals surface area contributed by atoms with Crippen LogP contribution in [0.25, 0.3) is 5.82 Å². The van der Waals surface area contributed by atoms with Crippen molar-refractivity contribution in [3.63, 3.8) is 0 Å². The third kappa shape index (κ3) is 4.54. The van der Waals surface area contributed by atoms with Crippen LogP contribution in [0.1, 0.15) is 40.3 Å². The molecule has 3 aromatic rings. The second kappa shape index (κ2) is 8.68. The average Bonchev–Trinajstić information content (AvgIpc) is 3.47. The molecule has 1 saturated heterocycles. The fraction of sp³-hybridized carbons (Fsp3) is 0.474. The van der Waals surface area contributed by atoms with E-state index in [1.54, 1.807) is 0 Å². The number of nitrogens with zero attached hydrogens (tertiary/aromatic N) is 4. The van der Waals surface area contributed by atoms with E-state index in [2.05, 4.69) is 20.7 Å². The summed E-state index contributed by atoms with van der Waals surface area (Å²) >= 11 is 2.87. The van der Waals surface area contributed by atoms with Crippen LogP contribution in [0.15, 0.2) is 21.0 Å². The molecule has 154 valence electrons. The molecule has 0 aliphatic carbocycles. The Kier molecular flexibility index (Phi) is 6.02. The van der Waals surface area contributed by atoms with Crippen LogP contribution in [0, 0.1) is 20.8 Å². The Labute approximate surface area is 177 Å². The van der Waals surface area contributed by atoms with E-state index in [9.17, 15) is 4.79 Å². The third-order valence-electron chi connectivity index (χ3n) is 4.81. The van der Waals surface area contributed by atoms with Gasteiger partial charge in [-0.15, -0.1) is 10.2 Å². The third-order valence-corrected chi connectivity index (χ3v) is 6.83. The Hall–Kier alpha value is -2.17. The molecule has 0 saturated carbocycles. The van der Waals surface area contributed by atoms with Crippen LogP contribution in [0.5, 0.6) is 0 Å². The molecule has 1 N–H and O–H groups in total. The fourth-order valence-electron chi connectivity index (χ4n) is 3.41. The van der Waals surface area contributed by atoms with Crippen molar-refractivity contribution >= 4 is 34.0 Å². The number of anilines is 1. The highest BCUT2D eigenvalue weighted by Gasteiger charge is 2.20. The molecule has 1 aliphatic heterocycles. The number of nitrogens with one attached hydrogen (secondary N) is 1. The molecule has 1 atom stereocenters. The standard InChI is InChI=1S/C19H23N5O3S2/c1-11-7-15(13(3)24(11)17-8-12(2)27-23-17)16(25)10-28-19-22-21-18(29-19)20-9-14-5-4-6-26-14/h7-8,14H,4-6,9-10H2,1-3H3,(H,20,21). The highest BCUT2D eigenvalue weighted by Crippen LogP contribution is 2.28. The lowest BCUT2D eigenvalue weighted by molar-refractivity contribution is 0.102. The Balaban J connectivity index is 1.36. The molecule has 4 heterocycles. The van der Waals surface area contributed by atoms with Gasteiger partial charge in [0, 0.05) is 36.2 Å². The van der Waals surface area contributed by atoms with Crippen LogP contribution in [-0.2, 0) is 4.74 Å². The summed E-state index contributed by atoms with van der Waals surface area (Å²) in [6.07, 6.45) is 2.44. The molecule has 10 heteroatoms. The first-order valence-electron chi connectivity index (χ1n) is 9.49. The molecule has 4 rings (SSSR count). The minimum atomic E-state index is 0.0543. The molecule has 1 aliphatic rings. The second-order valence-corrected chi connectivity index (χ2v) is 9.22. The summed E-state index contributed by atoms with van der Waals surface area (Å²) < 4.78 is 13.5. The zero-order chi connectivity index (χ0) is 20.4. The van der Waals surface area contributed by atoms with E-state index in [4.69, 9.17) is 9.26 Å². The molecule has 3 aromatic heterocycles. The Bertz CT molecular complexity index is 1000. The molecule has 0 radical (unpaired) electrons. The van der Waals surface area contributed by atoms with Gasteiger partial charge in [0.2, 0.25) is 5.13 Å². The Morgan fingerprint density at radius 3 is 2.93 bits per heavy atom. The zero-order valence-corrected chi connectivity index (χ0v) is 18.2. The van der Waals surface area contributed by atoms with Crippen molar-refractivity contribution in [2.75, 3.05) is 24.2 Å². The number of Topliss-reactive ketones (excluding diaryl/α,β-unsaturated/α-hetero) is 1. The molecule has 0 bridgehead atoms. The maximum atomic E-state index is 12.8. The van der Waals surface area contributed by atoms with Gasteiger partial charge in [-0.2, -0.15) is 0 Å². The summed E-state index contributed by atoms with van der Waals surface area (Å²) in [4.78, 5) is 12.8. The number of hydrogen-bond donors (Lipinski definition) is 1. The van der Waals surface area contributed by atoms with E-state index in [0.29, 0.717) is 17.1 Å². The fourth-order valence-corrected chi connectivity index (χ4v) is 5.05. The van der Waals surface area contributed by atoms with Crippen LogP contribution < -0.4 is 5.32 Å². The van der Waals surface area contributed by atoms with Crippen LogP contribution in [0.3, 0.4) is 0 Å². The summed E-state index contributed by atoms with van der Waals surface area (Å²) in [6, 6.07) is 3.76. The molecular formula is C19H23N5O3S2. The predicted octanol–water partition coefficient (Wildman–Crippen LogP) is 3.81. The number of aryl methyl sites for hydroxylation is 2. The monoisotopic (exact) mass is 433 g/mol. The lowest BCUT2D eigenvalue weighted by Crippen LogP contribution is -2.18. The van der Waals surface area contributed by atoms with E-state index in [1.165, 1.54) is 23.1 Å². The van der Waals surface area contributed by atoms with Gasteiger partial charge in [0.1, 0.15) is 5.76 Å². The summed E-state index contributed by atoms with van der Waals surface area (Å²) in [5.41, 5.74) is 2.50. The van der Waals surface area contributed by atoms with E-state index < -0.39 is 0 Å². The quantitative estimate of drug-likeness (QED) is 0.423. The normalized spacial score (nSPS) is 16.4. The Morgan fingerprint density at radius 1 is 1.34 bits per heavy atom. The molecule has 1 unspecified atom stereocenters. The van der Waals surface area contributed by atoms with Gasteiger partial charge in [-0.25, -0.2) is 0 Å². The van der Waals surface area contributed by atoms with Crippen molar-refractivity contribution < 1.29 is 14.1 Å². The number of carbonyl (C=O) groups is 1. The number of carbonyl (C=O) groups excluding carboxylic acids is 1. The van der Waals surface area contributed by atoms with Crippen molar-refractivity contribution in [1.82, 2.24) is 19.9 Å². The summed E-state index contributed by atoms with van der Waals surface area (Å²) in [5.74, 6) is 1.78. The van der Waals surface area contributed by atoms with Crippen LogP contribution >= 0.6 is 23.1 Å². The molecular weight excluding hydrogens is 410 g/mol. The average molecular weight is 434 g/mol. The minimum Gasteiger partial charge on any atom is -0.376 e. The molecule has 8 nitrogen and oxygen atoms in total. The van der Waals surface area contributed by atoms with Gasteiger partial charge in [-0.1, -0.05) is 28.3 Å². The van der Waals surface area contributed by atoms with Gasteiger partial charge in [0.15, 0.2) is 15.9 Å². The summed E-state index contributed by atoms with van der Waals surface area (Å²) in [6.45, 7) is 7.30. The Morgan fingerprint density at radius 2 is 2.21 bits per heavy atom. The first-order chi connectivity index (χ1) is 14.0. The maximum absolute atomic E-state index is 12.8. The molecule has 0 spiro atoms. The van der Waals surface area contributed by atoms with E-state index >= 15 is 0 Å². The van der Waals surface area contributed by atoms with E-state index in [-0.39, 0.29) is 11.9 Å². The van der Waals surface area contributed by atoms with E-state index in [1.807, 2.05) is 37.5 Å². The topological polar surface area (TPSA) is 95.1 Å². The largest absolute Gasteiger partial charge is 0.376 e. The first-order valence-corrected chi connectivity index (χ1v) is 11.3. The number of ketones is 1. The van der Waals surface area contributed by atoms with Gasteiger partial charge in [-0.05, 0) is 39.7 Å². The van der Waals surface area contributed by atoms with Crippen LogP contribution in [-0.4, -0.2) is 50.7 Å². The SMILES string of the molecule is Cc1cc(-n2c(C)cc(C(=O)CSc3nnc(NCC4CCCO4)s3)c2C)no1. The number of thioether (sulfide) groups is 1. The van der Waals surface area contributed by atoms with Gasteiger partial charge in [-0.3, -0.25) is 9.36 Å². The van der Waals surface area contributed by atoms with Crippen molar-refractivity contribution in [2.45, 2.75) is 44.1 Å². The summed E-state index contributed by atoms with van der Waals surface area (Å²) in [5, 5.41) is 16.4. The van der Waals surface area contributed by atoms with Gasteiger partial charge >= 0.3 is 0 Å². The van der Waals surface area contributed by atoms with Crippen molar-refractivity contribution in [3.8, 4) is 5.82 Å². The molecule has 0 amide bonds. The van der Waals surface area contributed by atoms with Gasteiger partial charge in [0.25, 0.3) is 0 Å². The van der Waals surface area contributed by atoms with Crippen LogP contribution in [0.4, 0.5) is 5.13 Å². The van der Waals surface area contributed by atoms with Gasteiger partial charge in [0.05, 0.1) is 11.9 Å². The first kappa shape index (κ1) is 20.1. The predicted molar refractivity (Wildman–Crippen MR) is 112 cm³/mol. The minimum absolute atomic E-state index is 0.0543. The zero-order valence-electron chi connectivity index (χ0n) is 16.6. The van der Waals surface area contributed by atoms with E-state index in [0.717, 1.165) is 52.6 Å². The van der Waals surface area contributed by atoms with Gasteiger partial charge < -0.3 is 14.6 Å². The van der Waals surface area contributed by atoms with Crippen LogP contribution in [0.2, 0.25) is 0 Å². The number of aromatic nitrogens is 4. The highest BCUT2D eigenvalue weighted by atomic mass is 32.2. The molecule has 0 aromatic carbocycles. The lowest BCUT2D eigenvalue weighted by atomic mass is 10.2. The van der Waals surface area contributed by atoms with Crippen molar-refractivity contribution in [3.05, 3.63) is 34.8 Å².